The molecule has 0 fully saturated rings. The molecule has 1 rings (SSSR count). The Kier molecular flexibility index (Phi) is 5.33. The maximum Gasteiger partial charge on any atom is 0.405 e. The highest BCUT2D eigenvalue weighted by Gasteiger charge is 2.33. The van der Waals surface area contributed by atoms with Crippen molar-refractivity contribution in [3.05, 3.63) is 17.7 Å². The van der Waals surface area contributed by atoms with Crippen molar-refractivity contribution in [1.82, 2.24) is 9.97 Å². The summed E-state index contributed by atoms with van der Waals surface area (Å²) in [7, 11) is 0. The summed E-state index contributed by atoms with van der Waals surface area (Å²) in [5, 5.41) is 9.36. The number of alkyl halides is 3. The molecule has 0 saturated heterocycles. The van der Waals surface area contributed by atoms with Gasteiger partial charge >= 0.3 is 6.18 Å². The predicted molar refractivity (Wildman–Crippen MR) is 70.6 cm³/mol. The fourth-order valence-corrected chi connectivity index (χ4v) is 1.80. The van der Waals surface area contributed by atoms with Crippen LogP contribution < -0.4 is 4.90 Å². The van der Waals surface area contributed by atoms with Crippen molar-refractivity contribution in [2.45, 2.75) is 52.4 Å². The molecule has 0 aliphatic rings. The molecule has 0 saturated carbocycles. The minimum Gasteiger partial charge on any atom is -0.390 e. The number of hydrogen-bond donors (Lipinski definition) is 1. The molecular weight excluding hydrogens is 271 g/mol. The number of aliphatic hydroxyl groups is 1. The van der Waals surface area contributed by atoms with Crippen LogP contribution in [0.15, 0.2) is 6.20 Å². The van der Waals surface area contributed by atoms with Crippen molar-refractivity contribution < 1.29 is 18.3 Å². The van der Waals surface area contributed by atoms with Crippen LogP contribution in [0.2, 0.25) is 0 Å². The Hall–Kier alpha value is -1.37. The first-order valence-corrected chi connectivity index (χ1v) is 6.45. The molecule has 20 heavy (non-hydrogen) atoms. The van der Waals surface area contributed by atoms with E-state index in [1.165, 1.54) is 6.20 Å². The summed E-state index contributed by atoms with van der Waals surface area (Å²) in [5.41, 5.74) is 0.450. The summed E-state index contributed by atoms with van der Waals surface area (Å²) in [6.45, 7) is 5.56. The van der Waals surface area contributed by atoms with E-state index in [1.807, 2.05) is 13.8 Å². The fourth-order valence-electron chi connectivity index (χ4n) is 1.80. The largest absolute Gasteiger partial charge is 0.405 e. The third-order valence-corrected chi connectivity index (χ3v) is 2.81. The molecule has 0 spiro atoms. The van der Waals surface area contributed by atoms with Gasteiger partial charge < -0.3 is 10.0 Å². The maximum absolute atomic E-state index is 12.6. The van der Waals surface area contributed by atoms with E-state index in [2.05, 4.69) is 9.97 Å². The SMILES string of the molecule is CC(C)c1ncc(N(CC(F)(F)F)C(C)C)c(CO)n1. The summed E-state index contributed by atoms with van der Waals surface area (Å²) < 4.78 is 37.9. The van der Waals surface area contributed by atoms with E-state index < -0.39 is 19.3 Å². The zero-order valence-electron chi connectivity index (χ0n) is 12.1. The zero-order valence-corrected chi connectivity index (χ0v) is 12.1. The van der Waals surface area contributed by atoms with Crippen LogP contribution in [0.3, 0.4) is 0 Å². The van der Waals surface area contributed by atoms with Gasteiger partial charge in [0.25, 0.3) is 0 Å². The zero-order chi connectivity index (χ0) is 15.5. The molecule has 1 aromatic heterocycles. The van der Waals surface area contributed by atoms with E-state index >= 15 is 0 Å². The number of anilines is 1. The van der Waals surface area contributed by atoms with Gasteiger partial charge in [0.15, 0.2) is 0 Å². The van der Waals surface area contributed by atoms with Gasteiger partial charge in [0.05, 0.1) is 24.2 Å². The molecule has 114 valence electrons. The number of aliphatic hydroxyl groups excluding tert-OH is 1. The van der Waals surface area contributed by atoms with Crippen molar-refractivity contribution in [3.8, 4) is 0 Å². The average Bonchev–Trinajstić information content (AvgIpc) is 2.33. The third kappa shape index (κ3) is 4.33. The lowest BCUT2D eigenvalue weighted by molar-refractivity contribution is -0.120. The monoisotopic (exact) mass is 291 g/mol. The first-order chi connectivity index (χ1) is 9.15. The molecule has 0 bridgehead atoms. The standard InChI is InChI=1S/C13H20F3N3O/c1-8(2)12-17-5-11(10(6-20)18-12)19(9(3)4)7-13(14,15)16/h5,8-9,20H,6-7H2,1-4H3. The Morgan fingerprint density at radius 2 is 1.85 bits per heavy atom. The summed E-state index contributed by atoms with van der Waals surface area (Å²) in [6.07, 6.45) is -2.96. The molecule has 4 nitrogen and oxygen atoms in total. The van der Waals surface area contributed by atoms with Gasteiger partial charge in [-0.25, -0.2) is 9.97 Å². The van der Waals surface area contributed by atoms with E-state index in [1.54, 1.807) is 13.8 Å². The van der Waals surface area contributed by atoms with Crippen LogP contribution in [0, 0.1) is 0 Å². The Morgan fingerprint density at radius 1 is 1.25 bits per heavy atom. The summed E-state index contributed by atoms with van der Waals surface area (Å²) in [4.78, 5) is 9.39. The topological polar surface area (TPSA) is 49.2 Å². The molecule has 1 N–H and O–H groups in total. The summed E-state index contributed by atoms with van der Waals surface area (Å²) in [5.74, 6) is 0.554. The highest BCUT2D eigenvalue weighted by atomic mass is 19.4. The Morgan fingerprint density at radius 3 is 2.25 bits per heavy atom. The van der Waals surface area contributed by atoms with E-state index in [0.717, 1.165) is 4.90 Å². The van der Waals surface area contributed by atoms with E-state index in [4.69, 9.17) is 0 Å². The second kappa shape index (κ2) is 6.39. The fraction of sp³-hybridized carbons (Fsp3) is 0.692. The van der Waals surface area contributed by atoms with Gasteiger partial charge in [-0.2, -0.15) is 13.2 Å². The maximum atomic E-state index is 12.6. The number of hydrogen-bond acceptors (Lipinski definition) is 4. The first-order valence-electron chi connectivity index (χ1n) is 6.45. The second-order valence-corrected chi connectivity index (χ2v) is 5.21. The number of aromatic nitrogens is 2. The smallest absolute Gasteiger partial charge is 0.390 e. The van der Waals surface area contributed by atoms with Gasteiger partial charge in [-0.15, -0.1) is 0 Å². The van der Waals surface area contributed by atoms with Crippen LogP contribution >= 0.6 is 0 Å². The third-order valence-electron chi connectivity index (χ3n) is 2.81. The van der Waals surface area contributed by atoms with Gasteiger partial charge in [-0.05, 0) is 13.8 Å². The summed E-state index contributed by atoms with van der Waals surface area (Å²) >= 11 is 0. The molecule has 0 radical (unpaired) electrons. The van der Waals surface area contributed by atoms with Crippen molar-refractivity contribution in [2.75, 3.05) is 11.4 Å². The lowest BCUT2D eigenvalue weighted by Gasteiger charge is -2.30. The molecular formula is C13H20F3N3O. The van der Waals surface area contributed by atoms with Crippen molar-refractivity contribution in [2.24, 2.45) is 0 Å². The molecule has 0 aliphatic heterocycles. The van der Waals surface area contributed by atoms with Gasteiger partial charge in [0, 0.05) is 12.0 Å². The molecule has 7 heteroatoms. The van der Waals surface area contributed by atoms with Gasteiger partial charge in [-0.1, -0.05) is 13.8 Å². The van der Waals surface area contributed by atoms with E-state index in [-0.39, 0.29) is 23.3 Å². The molecule has 1 aromatic rings. The van der Waals surface area contributed by atoms with Gasteiger partial charge in [0.1, 0.15) is 12.4 Å². The van der Waals surface area contributed by atoms with Crippen LogP contribution in [0.5, 0.6) is 0 Å². The molecule has 0 aromatic carbocycles. The Bertz CT molecular complexity index is 447. The quantitative estimate of drug-likeness (QED) is 0.906. The Balaban J connectivity index is 3.19. The normalized spacial score (nSPS) is 12.3. The number of nitrogens with zero attached hydrogens (tertiary/aromatic N) is 3. The lowest BCUT2D eigenvalue weighted by Crippen LogP contribution is -2.40. The number of rotatable bonds is 5. The minimum absolute atomic E-state index is 0.0458. The lowest BCUT2D eigenvalue weighted by atomic mass is 10.2. The first kappa shape index (κ1) is 16.7. The molecule has 0 unspecified atom stereocenters. The second-order valence-electron chi connectivity index (χ2n) is 5.21. The van der Waals surface area contributed by atoms with Gasteiger partial charge in [0.2, 0.25) is 0 Å². The van der Waals surface area contributed by atoms with E-state index in [9.17, 15) is 18.3 Å². The summed E-state index contributed by atoms with van der Waals surface area (Å²) in [6, 6.07) is -0.379. The van der Waals surface area contributed by atoms with Crippen LogP contribution in [0.25, 0.3) is 0 Å². The molecule has 0 amide bonds. The highest BCUT2D eigenvalue weighted by Crippen LogP contribution is 2.26. The van der Waals surface area contributed by atoms with Crippen LogP contribution in [-0.4, -0.2) is 33.8 Å². The predicted octanol–water partition coefficient (Wildman–Crippen LogP) is 2.87. The molecule has 0 atom stereocenters. The number of halogens is 3. The molecule has 1 heterocycles. The van der Waals surface area contributed by atoms with Crippen molar-refractivity contribution in [3.63, 3.8) is 0 Å². The van der Waals surface area contributed by atoms with Crippen LogP contribution in [0.4, 0.5) is 18.9 Å². The Labute approximate surface area is 116 Å². The highest BCUT2D eigenvalue weighted by molar-refractivity contribution is 5.50. The van der Waals surface area contributed by atoms with Crippen LogP contribution in [0.1, 0.15) is 45.1 Å². The van der Waals surface area contributed by atoms with Crippen molar-refractivity contribution in [1.29, 1.82) is 0 Å². The minimum atomic E-state index is -4.33. The van der Waals surface area contributed by atoms with Crippen LogP contribution in [-0.2, 0) is 6.61 Å². The average molecular weight is 291 g/mol. The van der Waals surface area contributed by atoms with E-state index in [0.29, 0.717) is 5.82 Å². The molecule has 0 aliphatic carbocycles. The van der Waals surface area contributed by atoms with Crippen molar-refractivity contribution >= 4 is 5.69 Å². The van der Waals surface area contributed by atoms with Gasteiger partial charge in [-0.3, -0.25) is 0 Å².